The number of carbonyl (C=O) groups is 1. The molecule has 2 rings (SSSR count). The number of methoxy groups -OCH3 is 3. The normalized spacial score (nSPS) is 16.6. The van der Waals surface area contributed by atoms with E-state index in [1.165, 1.54) is 0 Å². The van der Waals surface area contributed by atoms with Crippen molar-refractivity contribution in [1.29, 1.82) is 0 Å². The Labute approximate surface area is 150 Å². The SMILES string of the molecule is CCOc1ccc(CCC(=O)N2CCC(OC)(OC)CC2)cc1OC. The molecule has 0 atom stereocenters. The average Bonchev–Trinajstić information content (AvgIpc) is 2.67. The molecule has 25 heavy (non-hydrogen) atoms. The zero-order valence-corrected chi connectivity index (χ0v) is 15.7. The smallest absolute Gasteiger partial charge is 0.222 e. The number of likely N-dealkylation sites (tertiary alicyclic amines) is 1. The predicted molar refractivity (Wildman–Crippen MR) is 95.0 cm³/mol. The van der Waals surface area contributed by atoms with Crippen LogP contribution < -0.4 is 9.47 Å². The van der Waals surface area contributed by atoms with Crippen LogP contribution >= 0.6 is 0 Å². The van der Waals surface area contributed by atoms with Crippen molar-refractivity contribution >= 4 is 5.91 Å². The number of benzene rings is 1. The van der Waals surface area contributed by atoms with Gasteiger partial charge in [0.2, 0.25) is 5.91 Å². The van der Waals surface area contributed by atoms with Crippen LogP contribution in [0.3, 0.4) is 0 Å². The van der Waals surface area contributed by atoms with Crippen molar-refractivity contribution < 1.29 is 23.7 Å². The van der Waals surface area contributed by atoms with E-state index in [4.69, 9.17) is 18.9 Å². The second-order valence-corrected chi connectivity index (χ2v) is 6.12. The van der Waals surface area contributed by atoms with Crippen LogP contribution in [0, 0.1) is 0 Å². The Balaban J connectivity index is 1.88. The highest BCUT2D eigenvalue weighted by Crippen LogP contribution is 2.29. The number of piperidine rings is 1. The number of ether oxygens (including phenoxy) is 4. The Kier molecular flexibility index (Phi) is 7.08. The van der Waals surface area contributed by atoms with Gasteiger partial charge in [0, 0.05) is 46.6 Å². The molecule has 1 fully saturated rings. The number of nitrogens with zero attached hydrogens (tertiary/aromatic N) is 1. The van der Waals surface area contributed by atoms with Gasteiger partial charge in [0.1, 0.15) is 0 Å². The van der Waals surface area contributed by atoms with Crippen LogP contribution in [0.2, 0.25) is 0 Å². The van der Waals surface area contributed by atoms with Gasteiger partial charge in [0.05, 0.1) is 13.7 Å². The third kappa shape index (κ3) is 4.86. The van der Waals surface area contributed by atoms with E-state index in [1.54, 1.807) is 21.3 Å². The van der Waals surface area contributed by atoms with Gasteiger partial charge in [-0.3, -0.25) is 4.79 Å². The van der Waals surface area contributed by atoms with Gasteiger partial charge >= 0.3 is 0 Å². The lowest BCUT2D eigenvalue weighted by atomic mass is 10.0. The maximum absolute atomic E-state index is 12.5. The summed E-state index contributed by atoms with van der Waals surface area (Å²) in [5, 5.41) is 0. The monoisotopic (exact) mass is 351 g/mol. The van der Waals surface area contributed by atoms with Crippen LogP contribution in [-0.2, 0) is 20.7 Å². The molecule has 0 aromatic heterocycles. The van der Waals surface area contributed by atoms with Gasteiger partial charge in [-0.25, -0.2) is 0 Å². The molecule has 1 aliphatic heterocycles. The number of hydrogen-bond acceptors (Lipinski definition) is 5. The molecule has 1 amide bonds. The highest BCUT2D eigenvalue weighted by molar-refractivity contribution is 5.76. The summed E-state index contributed by atoms with van der Waals surface area (Å²) in [6.45, 7) is 3.85. The van der Waals surface area contributed by atoms with Crippen molar-refractivity contribution in [3.63, 3.8) is 0 Å². The van der Waals surface area contributed by atoms with Crippen LogP contribution in [-0.4, -0.2) is 57.6 Å². The lowest BCUT2D eigenvalue weighted by Crippen LogP contribution is -2.48. The Bertz CT molecular complexity index is 561. The quantitative estimate of drug-likeness (QED) is 0.674. The highest BCUT2D eigenvalue weighted by Gasteiger charge is 2.35. The summed E-state index contributed by atoms with van der Waals surface area (Å²) in [6, 6.07) is 5.82. The van der Waals surface area contributed by atoms with E-state index in [0.717, 1.165) is 11.3 Å². The second-order valence-electron chi connectivity index (χ2n) is 6.12. The van der Waals surface area contributed by atoms with Crippen molar-refractivity contribution in [2.75, 3.05) is 41.0 Å². The maximum Gasteiger partial charge on any atom is 0.222 e. The Morgan fingerprint density at radius 3 is 2.36 bits per heavy atom. The molecule has 0 saturated carbocycles. The predicted octanol–water partition coefficient (Wildman–Crippen LogP) is 2.64. The first-order valence-corrected chi connectivity index (χ1v) is 8.75. The molecule has 1 saturated heterocycles. The summed E-state index contributed by atoms with van der Waals surface area (Å²) in [4.78, 5) is 14.4. The van der Waals surface area contributed by atoms with Crippen molar-refractivity contribution in [2.45, 2.75) is 38.4 Å². The zero-order valence-electron chi connectivity index (χ0n) is 15.7. The number of aryl methyl sites for hydroxylation is 1. The van der Waals surface area contributed by atoms with Gasteiger partial charge in [-0.2, -0.15) is 0 Å². The van der Waals surface area contributed by atoms with E-state index < -0.39 is 5.79 Å². The lowest BCUT2D eigenvalue weighted by molar-refractivity contribution is -0.228. The van der Waals surface area contributed by atoms with Crippen LogP contribution in [0.4, 0.5) is 0 Å². The van der Waals surface area contributed by atoms with Crippen LogP contribution in [0.25, 0.3) is 0 Å². The fourth-order valence-corrected chi connectivity index (χ4v) is 3.14. The standard InChI is InChI=1S/C19H29NO5/c1-5-25-16-8-6-15(14-17(16)22-2)7-9-18(21)20-12-10-19(23-3,24-4)11-13-20/h6,8,14H,5,7,9-13H2,1-4H3. The molecule has 0 unspecified atom stereocenters. The van der Waals surface area contributed by atoms with E-state index in [-0.39, 0.29) is 5.91 Å². The summed E-state index contributed by atoms with van der Waals surface area (Å²) in [7, 11) is 4.93. The third-order valence-electron chi connectivity index (χ3n) is 4.78. The minimum absolute atomic E-state index is 0.161. The molecule has 0 N–H and O–H groups in total. The van der Waals surface area contributed by atoms with Gasteiger partial charge in [-0.15, -0.1) is 0 Å². The van der Waals surface area contributed by atoms with Crippen molar-refractivity contribution in [3.05, 3.63) is 23.8 Å². The fraction of sp³-hybridized carbons (Fsp3) is 0.632. The second kappa shape index (κ2) is 9.06. The van der Waals surface area contributed by atoms with Crippen molar-refractivity contribution in [2.24, 2.45) is 0 Å². The molecule has 140 valence electrons. The van der Waals surface area contributed by atoms with E-state index in [1.807, 2.05) is 30.0 Å². The Hall–Kier alpha value is -1.79. The highest BCUT2D eigenvalue weighted by atomic mass is 16.7. The third-order valence-corrected chi connectivity index (χ3v) is 4.78. The van der Waals surface area contributed by atoms with Crippen LogP contribution in [0.5, 0.6) is 11.5 Å². The number of hydrogen-bond donors (Lipinski definition) is 0. The summed E-state index contributed by atoms with van der Waals surface area (Å²) >= 11 is 0. The Morgan fingerprint density at radius 2 is 1.80 bits per heavy atom. The molecule has 0 aliphatic carbocycles. The molecule has 1 aliphatic rings. The number of carbonyl (C=O) groups excluding carboxylic acids is 1. The molecule has 6 heteroatoms. The van der Waals surface area contributed by atoms with Gasteiger partial charge in [0.25, 0.3) is 0 Å². The van der Waals surface area contributed by atoms with Gasteiger partial charge in [-0.1, -0.05) is 6.07 Å². The first kappa shape index (κ1) is 19.5. The van der Waals surface area contributed by atoms with Gasteiger partial charge in [0.15, 0.2) is 17.3 Å². The summed E-state index contributed by atoms with van der Waals surface area (Å²) in [6.07, 6.45) is 2.55. The van der Waals surface area contributed by atoms with E-state index >= 15 is 0 Å². The summed E-state index contributed by atoms with van der Waals surface area (Å²) in [5.74, 6) is 1.05. The molecule has 1 aromatic carbocycles. The molecular formula is C19H29NO5. The maximum atomic E-state index is 12.5. The minimum Gasteiger partial charge on any atom is -0.493 e. The van der Waals surface area contributed by atoms with Crippen molar-refractivity contribution in [1.82, 2.24) is 4.90 Å². The molecule has 0 bridgehead atoms. The molecule has 1 heterocycles. The topological polar surface area (TPSA) is 57.2 Å². The molecular weight excluding hydrogens is 322 g/mol. The largest absolute Gasteiger partial charge is 0.493 e. The minimum atomic E-state index is -0.542. The summed E-state index contributed by atoms with van der Waals surface area (Å²) in [5.41, 5.74) is 1.06. The zero-order chi connectivity index (χ0) is 18.3. The summed E-state index contributed by atoms with van der Waals surface area (Å²) < 4.78 is 21.8. The Morgan fingerprint density at radius 1 is 1.12 bits per heavy atom. The van der Waals surface area contributed by atoms with Gasteiger partial charge in [-0.05, 0) is 31.0 Å². The number of rotatable bonds is 8. The first-order chi connectivity index (χ1) is 12.1. The lowest BCUT2D eigenvalue weighted by Gasteiger charge is -2.39. The average molecular weight is 351 g/mol. The van der Waals surface area contributed by atoms with E-state index in [0.29, 0.717) is 51.1 Å². The van der Waals surface area contributed by atoms with E-state index in [9.17, 15) is 4.79 Å². The van der Waals surface area contributed by atoms with Crippen LogP contribution in [0.15, 0.2) is 18.2 Å². The number of amides is 1. The van der Waals surface area contributed by atoms with Gasteiger partial charge < -0.3 is 23.8 Å². The molecule has 6 nitrogen and oxygen atoms in total. The molecule has 0 spiro atoms. The van der Waals surface area contributed by atoms with Crippen LogP contribution in [0.1, 0.15) is 31.7 Å². The first-order valence-electron chi connectivity index (χ1n) is 8.75. The molecule has 0 radical (unpaired) electrons. The van der Waals surface area contributed by atoms with E-state index in [2.05, 4.69) is 0 Å². The fourth-order valence-electron chi connectivity index (χ4n) is 3.14. The molecule has 1 aromatic rings. The van der Waals surface area contributed by atoms with Crippen molar-refractivity contribution in [3.8, 4) is 11.5 Å².